The summed E-state index contributed by atoms with van der Waals surface area (Å²) >= 11 is 0. The van der Waals surface area contributed by atoms with E-state index in [-0.39, 0.29) is 18.9 Å². The van der Waals surface area contributed by atoms with E-state index in [9.17, 15) is 0 Å². The van der Waals surface area contributed by atoms with Gasteiger partial charge in [-0.2, -0.15) is 0 Å². The molecule has 2 rings (SSSR count). The van der Waals surface area contributed by atoms with E-state index in [1.807, 2.05) is 0 Å². The molecule has 0 unspecified atom stereocenters. The van der Waals surface area contributed by atoms with Gasteiger partial charge >= 0.3 is 18.9 Å². The number of hydrogen-bond acceptors (Lipinski definition) is 0. The Labute approximate surface area is 118 Å². The second-order valence-electron chi connectivity index (χ2n) is 4.95. The molecule has 0 saturated carbocycles. The van der Waals surface area contributed by atoms with Gasteiger partial charge in [0.15, 0.2) is 0 Å². The first-order chi connectivity index (χ1) is 7.49. The van der Waals surface area contributed by atoms with Gasteiger partial charge in [0.2, 0.25) is 0 Å². The van der Waals surface area contributed by atoms with Gasteiger partial charge in [-0.05, 0) is 74.4 Å². The maximum absolute atomic E-state index is 2.36. The molecule has 87 valence electrons. The van der Waals surface area contributed by atoms with Crippen molar-refractivity contribution in [1.29, 1.82) is 0 Å². The Kier molecular flexibility index (Phi) is 4.34. The summed E-state index contributed by atoms with van der Waals surface area (Å²) in [4.78, 5) is 0. The SMILES string of the molecule is CC[C]1C(C)=Cc2c(C)c(C)c(C)c(C)c21.[LiH]. The molecule has 0 nitrogen and oxygen atoms in total. The quantitative estimate of drug-likeness (QED) is 0.628. The number of benzene rings is 1. The van der Waals surface area contributed by atoms with E-state index in [4.69, 9.17) is 0 Å². The molecule has 1 radical (unpaired) electrons. The minimum absolute atomic E-state index is 0. The molecule has 1 aliphatic rings. The maximum atomic E-state index is 2.36. The van der Waals surface area contributed by atoms with Gasteiger partial charge in [0.05, 0.1) is 0 Å². The molecule has 0 N–H and O–H groups in total. The van der Waals surface area contributed by atoms with E-state index in [1.165, 1.54) is 39.0 Å². The fourth-order valence-electron chi connectivity index (χ4n) is 2.87. The van der Waals surface area contributed by atoms with E-state index in [0.717, 1.165) is 6.42 Å². The molecule has 0 aromatic heterocycles. The molecule has 0 heterocycles. The molecule has 0 spiro atoms. The van der Waals surface area contributed by atoms with Crippen molar-refractivity contribution in [2.75, 3.05) is 0 Å². The molecule has 0 fully saturated rings. The molecule has 0 aliphatic heterocycles. The van der Waals surface area contributed by atoms with Crippen LogP contribution in [-0.2, 0) is 0 Å². The van der Waals surface area contributed by atoms with Gasteiger partial charge in [0, 0.05) is 5.92 Å². The Bertz CT molecular complexity index is 481. The molecule has 17 heavy (non-hydrogen) atoms. The summed E-state index contributed by atoms with van der Waals surface area (Å²) in [7, 11) is 0. The first-order valence-corrected chi connectivity index (χ1v) is 6.14. The second-order valence-corrected chi connectivity index (χ2v) is 4.95. The number of allylic oxidation sites excluding steroid dienone is 1. The number of rotatable bonds is 1. The van der Waals surface area contributed by atoms with Gasteiger partial charge < -0.3 is 0 Å². The van der Waals surface area contributed by atoms with Crippen LogP contribution in [-0.4, -0.2) is 18.9 Å². The van der Waals surface area contributed by atoms with Crippen LogP contribution in [0.25, 0.3) is 6.08 Å². The molecule has 0 saturated heterocycles. The third-order valence-electron chi connectivity index (χ3n) is 4.23. The molecule has 1 aliphatic carbocycles. The van der Waals surface area contributed by atoms with Crippen LogP contribution >= 0.6 is 0 Å². The monoisotopic (exact) mass is 221 g/mol. The first-order valence-electron chi connectivity index (χ1n) is 6.14. The van der Waals surface area contributed by atoms with Crippen molar-refractivity contribution in [3.63, 3.8) is 0 Å². The molecule has 1 aromatic rings. The molecule has 0 bridgehead atoms. The van der Waals surface area contributed by atoms with E-state index < -0.39 is 0 Å². The Balaban J connectivity index is 0.00000144. The summed E-state index contributed by atoms with van der Waals surface area (Å²) in [6, 6.07) is 0. The summed E-state index contributed by atoms with van der Waals surface area (Å²) in [6.45, 7) is 13.5. The van der Waals surface area contributed by atoms with E-state index in [2.05, 4.69) is 47.6 Å². The Morgan fingerprint density at radius 2 is 1.35 bits per heavy atom. The molecule has 1 heteroatoms. The van der Waals surface area contributed by atoms with Crippen LogP contribution in [0.2, 0.25) is 0 Å². The average Bonchev–Trinajstić information content (AvgIpc) is 2.60. The van der Waals surface area contributed by atoms with Crippen molar-refractivity contribution in [3.05, 3.63) is 44.9 Å². The van der Waals surface area contributed by atoms with Gasteiger partial charge in [-0.15, -0.1) is 0 Å². The van der Waals surface area contributed by atoms with Crippen molar-refractivity contribution in [2.45, 2.75) is 48.0 Å². The molecule has 0 amide bonds. The summed E-state index contributed by atoms with van der Waals surface area (Å²) in [5, 5.41) is 0. The zero-order valence-electron chi connectivity index (χ0n) is 11.3. The summed E-state index contributed by atoms with van der Waals surface area (Å²) in [5.74, 6) is 1.54. The fraction of sp³-hybridized carbons (Fsp3) is 0.438. The van der Waals surface area contributed by atoms with Gasteiger partial charge in [0.1, 0.15) is 0 Å². The third-order valence-corrected chi connectivity index (χ3v) is 4.23. The van der Waals surface area contributed by atoms with Crippen molar-refractivity contribution in [3.8, 4) is 0 Å². The Hall–Kier alpha value is -0.443. The molecular weight excluding hydrogens is 199 g/mol. The van der Waals surface area contributed by atoms with Crippen LogP contribution in [0.3, 0.4) is 0 Å². The van der Waals surface area contributed by atoms with Crippen LogP contribution in [0.15, 0.2) is 5.57 Å². The van der Waals surface area contributed by atoms with E-state index in [1.54, 1.807) is 5.92 Å². The Morgan fingerprint density at radius 1 is 0.824 bits per heavy atom. The summed E-state index contributed by atoms with van der Waals surface area (Å²) < 4.78 is 0. The summed E-state index contributed by atoms with van der Waals surface area (Å²) in [5.41, 5.74) is 10.3. The van der Waals surface area contributed by atoms with Crippen LogP contribution in [0.4, 0.5) is 0 Å². The summed E-state index contributed by atoms with van der Waals surface area (Å²) in [6.07, 6.45) is 3.50. The molecular formula is C16H22Li. The normalized spacial score (nSPS) is 14.4. The van der Waals surface area contributed by atoms with Gasteiger partial charge in [-0.3, -0.25) is 0 Å². The number of fused-ring (bicyclic) bond motifs is 1. The van der Waals surface area contributed by atoms with Crippen LogP contribution < -0.4 is 0 Å². The van der Waals surface area contributed by atoms with Crippen molar-refractivity contribution in [1.82, 2.24) is 0 Å². The van der Waals surface area contributed by atoms with Crippen LogP contribution in [0, 0.1) is 33.6 Å². The van der Waals surface area contributed by atoms with Gasteiger partial charge in [-0.1, -0.05) is 18.6 Å². The van der Waals surface area contributed by atoms with E-state index in [0.29, 0.717) is 0 Å². The third kappa shape index (κ3) is 2.03. The molecule has 0 atom stereocenters. The van der Waals surface area contributed by atoms with Gasteiger partial charge in [-0.25, -0.2) is 0 Å². The van der Waals surface area contributed by atoms with Crippen molar-refractivity contribution >= 4 is 24.9 Å². The zero-order valence-corrected chi connectivity index (χ0v) is 11.3. The topological polar surface area (TPSA) is 0 Å². The van der Waals surface area contributed by atoms with Crippen molar-refractivity contribution < 1.29 is 0 Å². The molecule has 1 aromatic carbocycles. The zero-order chi connectivity index (χ0) is 12.0. The first kappa shape index (κ1) is 14.6. The van der Waals surface area contributed by atoms with E-state index >= 15 is 0 Å². The minimum atomic E-state index is 0. The average molecular weight is 221 g/mol. The predicted molar refractivity (Wildman–Crippen MR) is 78.8 cm³/mol. The second kappa shape index (κ2) is 5.05. The van der Waals surface area contributed by atoms with Crippen LogP contribution in [0.1, 0.15) is 53.6 Å². The standard InChI is InChI=1S/C16H21.Li.H/c1-7-14-9(2)8-15-12(5)10(3)11(4)13(6)16(14)15;;/h8H,7H2,1-6H3;;. The van der Waals surface area contributed by atoms with Gasteiger partial charge in [0.25, 0.3) is 0 Å². The predicted octanol–water partition coefficient (Wildman–Crippen LogP) is 4.02. The fourth-order valence-corrected chi connectivity index (χ4v) is 2.87. The number of hydrogen-bond donors (Lipinski definition) is 0. The Morgan fingerprint density at radius 3 is 1.88 bits per heavy atom. The van der Waals surface area contributed by atoms with Crippen molar-refractivity contribution in [2.24, 2.45) is 0 Å². The van der Waals surface area contributed by atoms with Crippen LogP contribution in [0.5, 0.6) is 0 Å².